The van der Waals surface area contributed by atoms with E-state index in [4.69, 9.17) is 27.9 Å². The first-order valence-electron chi connectivity index (χ1n) is 7.03. The molecular formula is C15H19Cl2NO3. The quantitative estimate of drug-likeness (QED) is 0.628. The first kappa shape index (κ1) is 17.9. The van der Waals surface area contributed by atoms with Crippen molar-refractivity contribution in [3.63, 3.8) is 0 Å². The third-order valence-corrected chi connectivity index (χ3v) is 3.64. The molecule has 0 radical (unpaired) electrons. The third kappa shape index (κ3) is 5.64. The van der Waals surface area contributed by atoms with Gasteiger partial charge in [0.25, 0.3) is 10.5 Å². The molecule has 0 aliphatic carbocycles. The van der Waals surface area contributed by atoms with Crippen molar-refractivity contribution in [2.75, 3.05) is 6.61 Å². The number of hydrogen-bond donors (Lipinski definition) is 0. The van der Waals surface area contributed by atoms with E-state index >= 15 is 0 Å². The number of hydrogen-bond acceptors (Lipinski definition) is 4. The fraction of sp³-hybridized carbons (Fsp3) is 0.533. The van der Waals surface area contributed by atoms with Gasteiger partial charge >= 0.3 is 0 Å². The number of carbonyl (C=O) groups excluding carboxylic acids is 2. The molecule has 0 aliphatic rings. The maximum atomic E-state index is 11.4. The second-order valence-electron chi connectivity index (χ2n) is 4.82. The van der Waals surface area contributed by atoms with Crippen LogP contribution in [0.3, 0.4) is 0 Å². The smallest absolute Gasteiger partial charge is 0.274 e. The van der Waals surface area contributed by atoms with E-state index in [1.807, 2.05) is 0 Å². The van der Waals surface area contributed by atoms with Crippen LogP contribution in [0, 0.1) is 5.92 Å². The Morgan fingerprint density at radius 3 is 2.48 bits per heavy atom. The van der Waals surface area contributed by atoms with Crippen LogP contribution >= 0.6 is 23.2 Å². The number of aromatic nitrogens is 1. The highest BCUT2D eigenvalue weighted by Gasteiger charge is 2.17. The topological polar surface area (TPSA) is 56.3 Å². The van der Waals surface area contributed by atoms with Crippen molar-refractivity contribution < 1.29 is 14.3 Å². The maximum absolute atomic E-state index is 11.4. The summed E-state index contributed by atoms with van der Waals surface area (Å²) >= 11 is 10.8. The lowest BCUT2D eigenvalue weighted by atomic mass is 10.0. The first-order chi connectivity index (χ1) is 9.99. The Kier molecular flexibility index (Phi) is 7.68. The molecule has 0 saturated carbocycles. The van der Waals surface area contributed by atoms with Gasteiger partial charge in [-0.05, 0) is 47.7 Å². The van der Waals surface area contributed by atoms with Gasteiger partial charge in [0.2, 0.25) is 0 Å². The Balaban J connectivity index is 2.82. The number of rotatable bonds is 9. The third-order valence-electron chi connectivity index (χ3n) is 3.26. The fourth-order valence-corrected chi connectivity index (χ4v) is 2.16. The minimum atomic E-state index is -0.772. The highest BCUT2D eigenvalue weighted by Crippen LogP contribution is 2.22. The molecule has 21 heavy (non-hydrogen) atoms. The fourth-order valence-electron chi connectivity index (χ4n) is 1.92. The second-order valence-corrected chi connectivity index (χ2v) is 5.50. The Morgan fingerprint density at radius 2 is 1.95 bits per heavy atom. The summed E-state index contributed by atoms with van der Waals surface area (Å²) in [6.45, 7) is 4.73. The maximum Gasteiger partial charge on any atom is 0.274 e. The molecule has 1 unspecified atom stereocenters. The van der Waals surface area contributed by atoms with Crippen molar-refractivity contribution in [2.24, 2.45) is 5.92 Å². The van der Waals surface area contributed by atoms with Gasteiger partial charge in [0, 0.05) is 0 Å². The molecule has 0 saturated heterocycles. The number of carbonyl (C=O) groups is 2. The molecule has 0 amide bonds. The SMILES string of the molecule is CCCCC(CC)COc1ccc(C(=O)Cl)nc1C(=O)Cl. The minimum Gasteiger partial charge on any atom is -0.491 e. The molecule has 0 fully saturated rings. The van der Waals surface area contributed by atoms with Crippen molar-refractivity contribution in [1.29, 1.82) is 0 Å². The van der Waals surface area contributed by atoms with E-state index in [9.17, 15) is 9.59 Å². The van der Waals surface area contributed by atoms with Gasteiger partial charge in [-0.15, -0.1) is 0 Å². The summed E-state index contributed by atoms with van der Waals surface area (Å²) in [5.41, 5.74) is -0.0976. The van der Waals surface area contributed by atoms with E-state index in [-0.39, 0.29) is 17.1 Å². The van der Waals surface area contributed by atoms with Crippen molar-refractivity contribution in [3.8, 4) is 5.75 Å². The van der Waals surface area contributed by atoms with Crippen molar-refractivity contribution in [1.82, 2.24) is 4.98 Å². The zero-order chi connectivity index (χ0) is 15.8. The molecule has 4 nitrogen and oxygen atoms in total. The predicted octanol–water partition coefficient (Wildman–Crippen LogP) is 4.43. The summed E-state index contributed by atoms with van der Waals surface area (Å²) in [6, 6.07) is 2.92. The lowest BCUT2D eigenvalue weighted by Crippen LogP contribution is -2.14. The molecule has 1 heterocycles. The van der Waals surface area contributed by atoms with Crippen molar-refractivity contribution in [3.05, 3.63) is 23.5 Å². The van der Waals surface area contributed by atoms with Gasteiger partial charge in [-0.25, -0.2) is 4.98 Å². The molecule has 1 aromatic rings. The standard InChI is InChI=1S/C15H19Cl2NO3/c1-3-5-6-10(4-2)9-21-12-8-7-11(14(16)19)18-13(12)15(17)20/h7-8,10H,3-6,9H2,1-2H3. The van der Waals surface area contributed by atoms with E-state index in [0.29, 0.717) is 12.5 Å². The van der Waals surface area contributed by atoms with Crippen molar-refractivity contribution in [2.45, 2.75) is 39.5 Å². The normalized spacial score (nSPS) is 12.0. The number of pyridine rings is 1. The lowest BCUT2D eigenvalue weighted by molar-refractivity contribution is 0.106. The summed E-state index contributed by atoms with van der Waals surface area (Å²) in [5, 5.41) is -1.51. The Bertz CT molecular complexity index is 506. The zero-order valence-corrected chi connectivity index (χ0v) is 13.7. The van der Waals surface area contributed by atoms with Gasteiger partial charge in [-0.3, -0.25) is 9.59 Å². The number of halogens is 2. The molecular weight excluding hydrogens is 313 g/mol. The number of unbranched alkanes of at least 4 members (excludes halogenated alkanes) is 1. The summed E-state index contributed by atoms with van der Waals surface area (Å²) in [5.74, 6) is 0.698. The Labute approximate surface area is 134 Å². The van der Waals surface area contributed by atoms with E-state index < -0.39 is 10.5 Å². The molecule has 0 spiro atoms. The largest absolute Gasteiger partial charge is 0.491 e. The molecule has 116 valence electrons. The minimum absolute atomic E-state index is 0.0222. The second kappa shape index (κ2) is 9.00. The van der Waals surface area contributed by atoms with Gasteiger partial charge in [-0.2, -0.15) is 0 Å². The average molecular weight is 332 g/mol. The molecule has 0 N–H and O–H groups in total. The highest BCUT2D eigenvalue weighted by atomic mass is 35.5. The molecule has 1 atom stereocenters. The molecule has 0 bridgehead atoms. The molecule has 1 rings (SSSR count). The Hall–Kier alpha value is -1.13. The summed E-state index contributed by atoms with van der Waals surface area (Å²) < 4.78 is 5.66. The molecule has 6 heteroatoms. The van der Waals surface area contributed by atoms with Gasteiger partial charge < -0.3 is 4.74 Å². The van der Waals surface area contributed by atoms with Crippen LogP contribution in [0.5, 0.6) is 5.75 Å². The zero-order valence-electron chi connectivity index (χ0n) is 12.2. The summed E-state index contributed by atoms with van der Waals surface area (Å²) in [7, 11) is 0. The predicted molar refractivity (Wildman–Crippen MR) is 83.4 cm³/mol. The van der Waals surface area contributed by atoms with Gasteiger partial charge in [0.05, 0.1) is 6.61 Å². The summed E-state index contributed by atoms with van der Waals surface area (Å²) in [4.78, 5) is 26.3. The van der Waals surface area contributed by atoms with Crippen LogP contribution in [0.1, 0.15) is 60.5 Å². The van der Waals surface area contributed by atoms with Gasteiger partial charge in [-0.1, -0.05) is 33.1 Å². The number of nitrogens with zero attached hydrogens (tertiary/aromatic N) is 1. The molecule has 1 aromatic heterocycles. The van der Waals surface area contributed by atoms with Crippen LogP contribution in [0.15, 0.2) is 12.1 Å². The average Bonchev–Trinajstić information content (AvgIpc) is 2.47. The van der Waals surface area contributed by atoms with Gasteiger partial charge in [0.15, 0.2) is 5.69 Å². The van der Waals surface area contributed by atoms with Gasteiger partial charge in [0.1, 0.15) is 11.4 Å². The Morgan fingerprint density at radius 1 is 1.24 bits per heavy atom. The van der Waals surface area contributed by atoms with Crippen LogP contribution in [-0.2, 0) is 0 Å². The van der Waals surface area contributed by atoms with E-state index in [2.05, 4.69) is 18.8 Å². The van der Waals surface area contributed by atoms with E-state index in [1.165, 1.54) is 12.1 Å². The number of ether oxygens (including phenoxy) is 1. The van der Waals surface area contributed by atoms with Crippen LogP contribution in [0.4, 0.5) is 0 Å². The highest BCUT2D eigenvalue weighted by molar-refractivity contribution is 6.68. The van der Waals surface area contributed by atoms with E-state index in [0.717, 1.165) is 25.7 Å². The lowest BCUT2D eigenvalue weighted by Gasteiger charge is -2.16. The van der Waals surface area contributed by atoms with Crippen LogP contribution in [0.2, 0.25) is 0 Å². The van der Waals surface area contributed by atoms with Crippen molar-refractivity contribution >= 4 is 33.7 Å². The molecule has 0 aliphatic heterocycles. The van der Waals surface area contributed by atoms with Crippen LogP contribution in [-0.4, -0.2) is 22.1 Å². The first-order valence-corrected chi connectivity index (χ1v) is 7.78. The van der Waals surface area contributed by atoms with E-state index in [1.54, 1.807) is 0 Å². The monoisotopic (exact) mass is 331 g/mol. The summed E-state index contributed by atoms with van der Waals surface area (Å²) in [6.07, 6.45) is 4.34. The van der Waals surface area contributed by atoms with Crippen LogP contribution in [0.25, 0.3) is 0 Å². The van der Waals surface area contributed by atoms with Crippen LogP contribution < -0.4 is 4.74 Å². The molecule has 0 aromatic carbocycles.